The number of aryl methyl sites for hydroxylation is 4. The van der Waals surface area contributed by atoms with Crippen molar-refractivity contribution in [1.29, 1.82) is 0 Å². The number of piperidine rings is 1. The molecule has 7 nitrogen and oxygen atoms in total. The SMILES string of the molecule is COc1ccc(CN2CCC(O)(COc3ccc(C)cc3C)CC2)cc1OCCCn1cc(C)cn1. The molecule has 1 aliphatic rings. The maximum atomic E-state index is 11.1. The number of aromatic nitrogens is 2. The van der Waals surface area contributed by atoms with Gasteiger partial charge in [-0.25, -0.2) is 0 Å². The van der Waals surface area contributed by atoms with Gasteiger partial charge in [0, 0.05) is 38.8 Å². The lowest BCUT2D eigenvalue weighted by molar-refractivity contribution is -0.0538. The second-order valence-electron chi connectivity index (χ2n) is 10.0. The summed E-state index contributed by atoms with van der Waals surface area (Å²) in [6, 6.07) is 12.3. The third-order valence-electron chi connectivity index (χ3n) is 6.80. The van der Waals surface area contributed by atoms with E-state index in [9.17, 15) is 5.11 Å². The smallest absolute Gasteiger partial charge is 0.161 e. The molecule has 1 aromatic heterocycles. The van der Waals surface area contributed by atoms with Crippen molar-refractivity contribution in [2.45, 2.75) is 58.7 Å². The number of rotatable bonds is 11. The monoisotopic (exact) mass is 493 g/mol. The predicted octanol–water partition coefficient (Wildman–Crippen LogP) is 4.69. The molecule has 0 spiro atoms. The van der Waals surface area contributed by atoms with Gasteiger partial charge in [0.1, 0.15) is 18.0 Å². The molecule has 7 heteroatoms. The normalized spacial score (nSPS) is 15.6. The van der Waals surface area contributed by atoms with E-state index in [1.807, 2.05) is 49.1 Å². The molecule has 3 aromatic rings. The first-order valence-electron chi connectivity index (χ1n) is 12.8. The fourth-order valence-corrected chi connectivity index (χ4v) is 4.63. The molecule has 2 heterocycles. The van der Waals surface area contributed by atoms with Gasteiger partial charge in [0.05, 0.1) is 19.9 Å². The van der Waals surface area contributed by atoms with Crippen molar-refractivity contribution in [2.24, 2.45) is 0 Å². The van der Waals surface area contributed by atoms with Crippen LogP contribution in [0.4, 0.5) is 0 Å². The minimum atomic E-state index is -0.797. The van der Waals surface area contributed by atoms with Crippen molar-refractivity contribution in [3.8, 4) is 17.2 Å². The summed E-state index contributed by atoms with van der Waals surface area (Å²) in [5.41, 5.74) is 3.85. The van der Waals surface area contributed by atoms with Gasteiger partial charge in [0.2, 0.25) is 0 Å². The van der Waals surface area contributed by atoms with E-state index in [0.29, 0.717) is 26.1 Å². The van der Waals surface area contributed by atoms with Gasteiger partial charge in [-0.15, -0.1) is 0 Å². The lowest BCUT2D eigenvalue weighted by Crippen LogP contribution is -2.47. The van der Waals surface area contributed by atoms with Crippen molar-refractivity contribution in [2.75, 3.05) is 33.4 Å². The van der Waals surface area contributed by atoms with E-state index in [1.165, 1.54) is 11.1 Å². The molecule has 36 heavy (non-hydrogen) atoms. The summed E-state index contributed by atoms with van der Waals surface area (Å²) >= 11 is 0. The number of ether oxygens (including phenoxy) is 3. The van der Waals surface area contributed by atoms with Gasteiger partial charge in [0.25, 0.3) is 0 Å². The molecule has 1 N–H and O–H groups in total. The molecule has 4 rings (SSSR count). The first kappa shape index (κ1) is 26.0. The number of nitrogens with zero attached hydrogens (tertiary/aromatic N) is 3. The molecule has 1 saturated heterocycles. The van der Waals surface area contributed by atoms with Crippen molar-refractivity contribution in [1.82, 2.24) is 14.7 Å². The first-order chi connectivity index (χ1) is 17.3. The summed E-state index contributed by atoms with van der Waals surface area (Å²) in [5, 5.41) is 15.4. The van der Waals surface area contributed by atoms with Gasteiger partial charge in [-0.2, -0.15) is 5.10 Å². The van der Waals surface area contributed by atoms with Crippen molar-refractivity contribution in [3.63, 3.8) is 0 Å². The molecule has 194 valence electrons. The molecular weight excluding hydrogens is 454 g/mol. The van der Waals surface area contributed by atoms with E-state index in [1.54, 1.807) is 7.11 Å². The molecule has 0 bridgehead atoms. The molecule has 0 amide bonds. The number of likely N-dealkylation sites (tertiary alicyclic amines) is 1. The maximum absolute atomic E-state index is 11.1. The Morgan fingerprint density at radius 1 is 0.944 bits per heavy atom. The van der Waals surface area contributed by atoms with Crippen molar-refractivity contribution in [3.05, 3.63) is 71.0 Å². The van der Waals surface area contributed by atoms with Crippen LogP contribution in [0.25, 0.3) is 0 Å². The zero-order chi connectivity index (χ0) is 25.5. The Kier molecular flexibility index (Phi) is 8.54. The highest BCUT2D eigenvalue weighted by Gasteiger charge is 2.33. The number of benzene rings is 2. The Labute approximate surface area is 214 Å². The van der Waals surface area contributed by atoms with Crippen LogP contribution >= 0.6 is 0 Å². The van der Waals surface area contributed by atoms with Gasteiger partial charge < -0.3 is 19.3 Å². The number of hydrogen-bond donors (Lipinski definition) is 1. The Morgan fingerprint density at radius 2 is 1.72 bits per heavy atom. The number of hydrogen-bond acceptors (Lipinski definition) is 6. The largest absolute Gasteiger partial charge is 0.493 e. The van der Waals surface area contributed by atoms with Crippen LogP contribution < -0.4 is 14.2 Å². The first-order valence-corrected chi connectivity index (χ1v) is 12.8. The van der Waals surface area contributed by atoms with E-state index in [2.05, 4.69) is 35.1 Å². The molecule has 0 radical (unpaired) electrons. The highest BCUT2D eigenvalue weighted by molar-refractivity contribution is 5.43. The van der Waals surface area contributed by atoms with Crippen LogP contribution in [0.2, 0.25) is 0 Å². The van der Waals surface area contributed by atoms with Crippen molar-refractivity contribution < 1.29 is 19.3 Å². The fourth-order valence-electron chi connectivity index (χ4n) is 4.63. The lowest BCUT2D eigenvalue weighted by atomic mass is 9.92. The molecule has 0 saturated carbocycles. The quantitative estimate of drug-likeness (QED) is 0.391. The molecule has 1 aliphatic heterocycles. The molecular formula is C29H39N3O4. The second-order valence-corrected chi connectivity index (χ2v) is 10.0. The van der Waals surface area contributed by atoms with Gasteiger partial charge in [-0.05, 0) is 68.5 Å². The Hall–Kier alpha value is -3.03. The van der Waals surface area contributed by atoms with E-state index in [-0.39, 0.29) is 0 Å². The van der Waals surface area contributed by atoms with Gasteiger partial charge in [-0.1, -0.05) is 23.8 Å². The average Bonchev–Trinajstić information content (AvgIpc) is 3.28. The molecule has 0 atom stereocenters. The van der Waals surface area contributed by atoms with E-state index >= 15 is 0 Å². The van der Waals surface area contributed by atoms with Crippen LogP contribution in [0.15, 0.2) is 48.8 Å². The highest BCUT2D eigenvalue weighted by atomic mass is 16.5. The third kappa shape index (κ3) is 7.02. The van der Waals surface area contributed by atoms with Gasteiger partial charge in [0.15, 0.2) is 11.5 Å². The van der Waals surface area contributed by atoms with Gasteiger partial charge >= 0.3 is 0 Å². The number of aliphatic hydroxyl groups is 1. The third-order valence-corrected chi connectivity index (χ3v) is 6.80. The molecule has 2 aromatic carbocycles. The Morgan fingerprint density at radius 3 is 2.42 bits per heavy atom. The van der Waals surface area contributed by atoms with Crippen LogP contribution in [0.5, 0.6) is 17.2 Å². The predicted molar refractivity (Wildman–Crippen MR) is 141 cm³/mol. The zero-order valence-corrected chi connectivity index (χ0v) is 22.0. The average molecular weight is 494 g/mol. The summed E-state index contributed by atoms with van der Waals surface area (Å²) in [5.74, 6) is 2.36. The minimum Gasteiger partial charge on any atom is -0.493 e. The lowest BCUT2D eigenvalue weighted by Gasteiger charge is -2.38. The standard InChI is InChI=1S/C29H39N3O4/c1-22-6-8-26(24(3)16-22)36-21-29(33)10-13-31(14-11-29)20-25-7-9-27(34-4)28(17-25)35-15-5-12-32-19-23(2)18-30-32/h6-9,16-19,33H,5,10-15,20-21H2,1-4H3. The second kappa shape index (κ2) is 11.8. The molecule has 1 fully saturated rings. The molecule has 0 unspecified atom stereocenters. The summed E-state index contributed by atoms with van der Waals surface area (Å²) in [6.07, 6.45) is 6.14. The van der Waals surface area contributed by atoms with E-state index in [4.69, 9.17) is 14.2 Å². The Bertz CT molecular complexity index is 1140. The van der Waals surface area contributed by atoms with Crippen LogP contribution in [-0.2, 0) is 13.1 Å². The highest BCUT2D eigenvalue weighted by Crippen LogP contribution is 2.30. The summed E-state index contributed by atoms with van der Waals surface area (Å²) in [7, 11) is 1.67. The van der Waals surface area contributed by atoms with Crippen LogP contribution in [-0.4, -0.2) is 58.8 Å². The summed E-state index contributed by atoms with van der Waals surface area (Å²) in [6.45, 7) is 10.3. The van der Waals surface area contributed by atoms with Crippen molar-refractivity contribution >= 4 is 0 Å². The molecule has 0 aliphatic carbocycles. The van der Waals surface area contributed by atoms with Crippen LogP contribution in [0.1, 0.15) is 41.5 Å². The van der Waals surface area contributed by atoms with Crippen LogP contribution in [0, 0.1) is 20.8 Å². The number of methoxy groups -OCH3 is 1. The van der Waals surface area contributed by atoms with E-state index in [0.717, 1.165) is 61.0 Å². The Balaban J connectivity index is 1.26. The van der Waals surface area contributed by atoms with Gasteiger partial charge in [-0.3, -0.25) is 9.58 Å². The summed E-state index contributed by atoms with van der Waals surface area (Å²) < 4.78 is 19.5. The van der Waals surface area contributed by atoms with Crippen LogP contribution in [0.3, 0.4) is 0 Å². The van der Waals surface area contributed by atoms with E-state index < -0.39 is 5.60 Å². The maximum Gasteiger partial charge on any atom is 0.161 e. The zero-order valence-electron chi connectivity index (χ0n) is 22.0. The fraction of sp³-hybridized carbons (Fsp3) is 0.483. The minimum absolute atomic E-state index is 0.323. The summed E-state index contributed by atoms with van der Waals surface area (Å²) in [4.78, 5) is 2.37. The topological polar surface area (TPSA) is 69.0 Å².